The van der Waals surface area contributed by atoms with Gasteiger partial charge in [-0.2, -0.15) is 0 Å². The molecule has 0 radical (unpaired) electrons. The van der Waals surface area contributed by atoms with E-state index in [2.05, 4.69) is 11.8 Å². The fourth-order valence-corrected chi connectivity index (χ4v) is 3.43. The molecule has 0 saturated carbocycles. The van der Waals surface area contributed by atoms with Gasteiger partial charge in [0.2, 0.25) is 0 Å². The number of hydrogen-bond donors (Lipinski definition) is 0. The minimum absolute atomic E-state index is 0.210. The summed E-state index contributed by atoms with van der Waals surface area (Å²) in [7, 11) is 0. The van der Waals surface area contributed by atoms with Crippen LogP contribution in [-0.4, -0.2) is 29.8 Å². The van der Waals surface area contributed by atoms with E-state index >= 15 is 0 Å². The summed E-state index contributed by atoms with van der Waals surface area (Å²) in [6.45, 7) is 3.81. The molecule has 1 aromatic heterocycles. The van der Waals surface area contributed by atoms with Gasteiger partial charge in [-0.1, -0.05) is 24.9 Å². The molecule has 0 amide bonds. The van der Waals surface area contributed by atoms with E-state index in [4.69, 9.17) is 11.6 Å². The van der Waals surface area contributed by atoms with E-state index in [1.165, 1.54) is 30.6 Å². The summed E-state index contributed by atoms with van der Waals surface area (Å²) in [5, 5.41) is 0. The molecule has 94 valence electrons. The van der Waals surface area contributed by atoms with E-state index in [0.29, 0.717) is 16.9 Å². The van der Waals surface area contributed by atoms with Gasteiger partial charge in [-0.25, -0.2) is 0 Å². The van der Waals surface area contributed by atoms with Gasteiger partial charge in [-0.3, -0.25) is 9.69 Å². The lowest BCUT2D eigenvalue weighted by Gasteiger charge is -2.34. The summed E-state index contributed by atoms with van der Waals surface area (Å²) in [6.07, 6.45) is 4.89. The molecule has 2 heterocycles. The van der Waals surface area contributed by atoms with Gasteiger partial charge < -0.3 is 0 Å². The molecule has 0 aromatic carbocycles. The highest BCUT2D eigenvalue weighted by Gasteiger charge is 2.23. The number of thiophene rings is 1. The summed E-state index contributed by atoms with van der Waals surface area (Å²) in [5.41, 5.74) is 0. The zero-order chi connectivity index (χ0) is 12.3. The Morgan fingerprint density at radius 1 is 1.53 bits per heavy atom. The number of halogens is 1. The molecule has 0 N–H and O–H groups in total. The van der Waals surface area contributed by atoms with Crippen molar-refractivity contribution in [3.8, 4) is 0 Å². The van der Waals surface area contributed by atoms with Gasteiger partial charge in [0.1, 0.15) is 0 Å². The zero-order valence-corrected chi connectivity index (χ0v) is 11.7. The van der Waals surface area contributed by atoms with Crippen molar-refractivity contribution in [3.63, 3.8) is 0 Å². The van der Waals surface area contributed by atoms with E-state index in [1.54, 1.807) is 6.07 Å². The van der Waals surface area contributed by atoms with E-state index < -0.39 is 0 Å². The predicted molar refractivity (Wildman–Crippen MR) is 73.2 cm³/mol. The van der Waals surface area contributed by atoms with Crippen molar-refractivity contribution in [3.05, 3.63) is 21.3 Å². The quantitative estimate of drug-likeness (QED) is 0.776. The van der Waals surface area contributed by atoms with Crippen LogP contribution in [0.5, 0.6) is 0 Å². The Kier molecular flexibility index (Phi) is 4.60. The van der Waals surface area contributed by atoms with Gasteiger partial charge in [-0.15, -0.1) is 11.3 Å². The highest BCUT2D eigenvalue weighted by molar-refractivity contribution is 7.18. The molecule has 0 spiro atoms. The Labute approximate surface area is 112 Å². The first-order valence-corrected chi connectivity index (χ1v) is 7.42. The van der Waals surface area contributed by atoms with Crippen LogP contribution in [0.25, 0.3) is 0 Å². The van der Waals surface area contributed by atoms with Crippen LogP contribution in [0.15, 0.2) is 12.1 Å². The second-order valence-corrected chi connectivity index (χ2v) is 6.27. The second kappa shape index (κ2) is 5.98. The first-order valence-electron chi connectivity index (χ1n) is 6.23. The van der Waals surface area contributed by atoms with Crippen LogP contribution in [0, 0.1) is 0 Å². The lowest BCUT2D eigenvalue weighted by Crippen LogP contribution is -2.42. The van der Waals surface area contributed by atoms with Crippen LogP contribution in [-0.2, 0) is 0 Å². The van der Waals surface area contributed by atoms with Crippen LogP contribution in [0.3, 0.4) is 0 Å². The molecule has 0 aliphatic carbocycles. The number of nitrogens with zero attached hydrogens (tertiary/aromatic N) is 1. The number of likely N-dealkylation sites (tertiary alicyclic amines) is 1. The largest absolute Gasteiger partial charge is 0.293 e. The van der Waals surface area contributed by atoms with Gasteiger partial charge in [0.15, 0.2) is 5.78 Å². The maximum atomic E-state index is 12.1. The molecule has 2 nitrogen and oxygen atoms in total. The fourth-order valence-electron chi connectivity index (χ4n) is 2.46. The Balaban J connectivity index is 1.97. The van der Waals surface area contributed by atoms with Crippen molar-refractivity contribution in [2.45, 2.75) is 38.6 Å². The third kappa shape index (κ3) is 3.30. The van der Waals surface area contributed by atoms with E-state index in [-0.39, 0.29) is 5.78 Å². The summed E-state index contributed by atoms with van der Waals surface area (Å²) in [6, 6.07) is 4.22. The molecule has 1 fully saturated rings. The van der Waals surface area contributed by atoms with Crippen LogP contribution >= 0.6 is 22.9 Å². The normalized spacial score (nSPS) is 21.6. The summed E-state index contributed by atoms with van der Waals surface area (Å²) in [5.74, 6) is 0.210. The van der Waals surface area contributed by atoms with Crippen molar-refractivity contribution >= 4 is 28.7 Å². The number of piperidine rings is 1. The van der Waals surface area contributed by atoms with Gasteiger partial charge >= 0.3 is 0 Å². The maximum Gasteiger partial charge on any atom is 0.186 e. The standard InChI is InChI=1S/C13H18ClNOS/c1-2-10-5-3-4-8-15(10)9-11(16)12-6-7-13(14)17-12/h6-7,10H,2-5,8-9H2,1H3. The van der Waals surface area contributed by atoms with Crippen LogP contribution < -0.4 is 0 Å². The highest BCUT2D eigenvalue weighted by atomic mass is 35.5. The molecule has 2 rings (SSSR count). The zero-order valence-electron chi connectivity index (χ0n) is 10.1. The van der Waals surface area contributed by atoms with Crippen molar-refractivity contribution in [1.29, 1.82) is 0 Å². The molecule has 1 aliphatic heterocycles. The SMILES string of the molecule is CCC1CCCCN1CC(=O)c1ccc(Cl)s1. The summed E-state index contributed by atoms with van der Waals surface area (Å²) >= 11 is 7.24. The van der Waals surface area contributed by atoms with Gasteiger partial charge in [-0.05, 0) is 37.9 Å². The average Bonchev–Trinajstić information content (AvgIpc) is 2.77. The van der Waals surface area contributed by atoms with E-state index in [1.807, 2.05) is 6.07 Å². The Morgan fingerprint density at radius 3 is 3.00 bits per heavy atom. The Morgan fingerprint density at radius 2 is 2.35 bits per heavy atom. The van der Waals surface area contributed by atoms with Crippen molar-refractivity contribution in [2.75, 3.05) is 13.1 Å². The number of hydrogen-bond acceptors (Lipinski definition) is 3. The molecule has 1 aliphatic rings. The first kappa shape index (κ1) is 13.1. The third-order valence-corrected chi connectivity index (χ3v) is 4.69. The second-order valence-electron chi connectivity index (χ2n) is 4.56. The average molecular weight is 272 g/mol. The topological polar surface area (TPSA) is 20.3 Å². The van der Waals surface area contributed by atoms with E-state index in [0.717, 1.165) is 17.8 Å². The maximum absolute atomic E-state index is 12.1. The first-order chi connectivity index (χ1) is 8.20. The number of carbonyl (C=O) groups is 1. The number of rotatable bonds is 4. The van der Waals surface area contributed by atoms with Crippen LogP contribution in [0.2, 0.25) is 4.34 Å². The molecule has 1 unspecified atom stereocenters. The highest BCUT2D eigenvalue weighted by Crippen LogP contribution is 2.24. The minimum Gasteiger partial charge on any atom is -0.293 e. The fraction of sp³-hybridized carbons (Fsp3) is 0.615. The summed E-state index contributed by atoms with van der Waals surface area (Å²) in [4.78, 5) is 15.2. The minimum atomic E-state index is 0.210. The van der Waals surface area contributed by atoms with Crippen LogP contribution in [0.4, 0.5) is 0 Å². The molecular formula is C13H18ClNOS. The molecule has 0 bridgehead atoms. The Hall–Kier alpha value is -0.380. The predicted octanol–water partition coefficient (Wildman–Crippen LogP) is 3.85. The molecule has 1 aromatic rings. The van der Waals surface area contributed by atoms with Crippen LogP contribution in [0.1, 0.15) is 42.3 Å². The molecule has 17 heavy (non-hydrogen) atoms. The molecule has 1 saturated heterocycles. The van der Waals surface area contributed by atoms with Crippen molar-refractivity contribution in [1.82, 2.24) is 4.90 Å². The van der Waals surface area contributed by atoms with Gasteiger partial charge in [0.05, 0.1) is 15.8 Å². The third-order valence-electron chi connectivity index (χ3n) is 3.42. The molecular weight excluding hydrogens is 254 g/mol. The number of ketones is 1. The van der Waals surface area contributed by atoms with Gasteiger partial charge in [0.25, 0.3) is 0 Å². The van der Waals surface area contributed by atoms with Crippen molar-refractivity contribution < 1.29 is 4.79 Å². The number of carbonyl (C=O) groups excluding carboxylic acids is 1. The monoisotopic (exact) mass is 271 g/mol. The van der Waals surface area contributed by atoms with E-state index in [9.17, 15) is 4.79 Å². The smallest absolute Gasteiger partial charge is 0.186 e. The molecule has 4 heteroatoms. The van der Waals surface area contributed by atoms with Gasteiger partial charge in [0, 0.05) is 6.04 Å². The Bertz CT molecular complexity index is 391. The number of Topliss-reactive ketones (excluding diaryl/α,β-unsaturated/α-hetero) is 1. The summed E-state index contributed by atoms with van der Waals surface area (Å²) < 4.78 is 0.694. The van der Waals surface area contributed by atoms with Crippen molar-refractivity contribution in [2.24, 2.45) is 0 Å². The lowest BCUT2D eigenvalue weighted by atomic mass is 10.00. The molecule has 1 atom stereocenters. The lowest BCUT2D eigenvalue weighted by molar-refractivity contribution is 0.0842.